The first kappa shape index (κ1) is 18.7. The molecule has 0 aliphatic carbocycles. The molecule has 2 aromatic carbocycles. The van der Waals surface area contributed by atoms with Gasteiger partial charge in [0.15, 0.2) is 5.78 Å². The van der Waals surface area contributed by atoms with Crippen LogP contribution in [-0.4, -0.2) is 24.8 Å². The first-order chi connectivity index (χ1) is 12.5. The zero-order valence-electron chi connectivity index (χ0n) is 14.3. The van der Waals surface area contributed by atoms with E-state index in [0.29, 0.717) is 21.3 Å². The summed E-state index contributed by atoms with van der Waals surface area (Å²) in [6, 6.07) is 12.2. The number of halogens is 2. The van der Waals surface area contributed by atoms with Crippen molar-refractivity contribution in [3.05, 3.63) is 58.1 Å². The zero-order valence-corrected chi connectivity index (χ0v) is 15.8. The second-order valence-electron chi connectivity index (χ2n) is 6.33. The molecule has 0 spiro atoms. The van der Waals surface area contributed by atoms with Gasteiger partial charge >= 0.3 is 0 Å². The molecule has 1 amide bonds. The van der Waals surface area contributed by atoms with E-state index in [-0.39, 0.29) is 24.5 Å². The number of amides is 1. The van der Waals surface area contributed by atoms with E-state index in [1.807, 2.05) is 12.1 Å². The number of hydrogen-bond acceptors (Lipinski definition) is 3. The van der Waals surface area contributed by atoms with Gasteiger partial charge in [0, 0.05) is 41.5 Å². The summed E-state index contributed by atoms with van der Waals surface area (Å²) in [6.07, 6.45) is 2.55. The molecule has 6 heteroatoms. The molecule has 0 aromatic heterocycles. The van der Waals surface area contributed by atoms with Gasteiger partial charge in [0.2, 0.25) is 5.91 Å². The van der Waals surface area contributed by atoms with Crippen molar-refractivity contribution >= 4 is 46.3 Å². The highest BCUT2D eigenvalue weighted by Gasteiger charge is 2.18. The van der Waals surface area contributed by atoms with Gasteiger partial charge in [-0.1, -0.05) is 23.2 Å². The van der Waals surface area contributed by atoms with Gasteiger partial charge < -0.3 is 10.2 Å². The molecule has 0 unspecified atom stereocenters. The van der Waals surface area contributed by atoms with Crippen LogP contribution in [0.3, 0.4) is 0 Å². The summed E-state index contributed by atoms with van der Waals surface area (Å²) in [7, 11) is 0. The number of ketones is 1. The maximum Gasteiger partial charge on any atom is 0.224 e. The van der Waals surface area contributed by atoms with Crippen LogP contribution in [0.5, 0.6) is 0 Å². The summed E-state index contributed by atoms with van der Waals surface area (Å²) in [5, 5.41) is 4.05. The number of nitrogens with zero attached hydrogens (tertiary/aromatic N) is 1. The fraction of sp³-hybridized carbons (Fsp3) is 0.300. The van der Waals surface area contributed by atoms with E-state index in [9.17, 15) is 9.59 Å². The van der Waals surface area contributed by atoms with Crippen molar-refractivity contribution in [3.8, 4) is 0 Å². The second-order valence-corrected chi connectivity index (χ2v) is 7.21. The van der Waals surface area contributed by atoms with Crippen LogP contribution < -0.4 is 10.2 Å². The average Bonchev–Trinajstić information content (AvgIpc) is 3.15. The Morgan fingerprint density at radius 3 is 2.27 bits per heavy atom. The quantitative estimate of drug-likeness (QED) is 0.689. The molecule has 1 aliphatic heterocycles. The smallest absolute Gasteiger partial charge is 0.224 e. The van der Waals surface area contributed by atoms with Gasteiger partial charge in [-0.2, -0.15) is 0 Å². The first-order valence-electron chi connectivity index (χ1n) is 8.66. The molecule has 4 nitrogen and oxygen atoms in total. The largest absolute Gasteiger partial charge is 0.370 e. The molecule has 3 rings (SSSR count). The van der Waals surface area contributed by atoms with Crippen LogP contribution in [0.15, 0.2) is 42.5 Å². The number of nitrogens with one attached hydrogen (secondary N) is 1. The third-order valence-corrected chi connectivity index (χ3v) is 4.91. The molecule has 1 heterocycles. The van der Waals surface area contributed by atoms with Crippen LogP contribution in [0.2, 0.25) is 10.0 Å². The Morgan fingerprint density at radius 2 is 1.58 bits per heavy atom. The van der Waals surface area contributed by atoms with Gasteiger partial charge in [0.1, 0.15) is 0 Å². The summed E-state index contributed by atoms with van der Waals surface area (Å²) in [5.74, 6) is -0.280. The third kappa shape index (κ3) is 4.77. The monoisotopic (exact) mass is 390 g/mol. The normalized spacial score (nSPS) is 13.7. The van der Waals surface area contributed by atoms with E-state index in [2.05, 4.69) is 10.2 Å². The van der Waals surface area contributed by atoms with Gasteiger partial charge in [-0.05, 0) is 55.3 Å². The average molecular weight is 391 g/mol. The summed E-state index contributed by atoms with van der Waals surface area (Å²) in [6.45, 7) is 1.94. The minimum atomic E-state index is -0.199. The number of rotatable bonds is 6. The Morgan fingerprint density at radius 1 is 0.923 bits per heavy atom. The van der Waals surface area contributed by atoms with Crippen LogP contribution in [-0.2, 0) is 4.79 Å². The topological polar surface area (TPSA) is 49.4 Å². The second kappa shape index (κ2) is 8.56. The highest BCUT2D eigenvalue weighted by Crippen LogP contribution is 2.31. The molecule has 0 atom stereocenters. The highest BCUT2D eigenvalue weighted by atomic mass is 35.5. The lowest BCUT2D eigenvalue weighted by atomic mass is 10.1. The van der Waals surface area contributed by atoms with Crippen molar-refractivity contribution in [1.82, 2.24) is 0 Å². The van der Waals surface area contributed by atoms with Gasteiger partial charge in [0.05, 0.1) is 11.4 Å². The minimum absolute atomic E-state index is 0.0809. The van der Waals surface area contributed by atoms with Gasteiger partial charge in [-0.3, -0.25) is 9.59 Å². The Labute approximate surface area is 163 Å². The lowest BCUT2D eigenvalue weighted by molar-refractivity contribution is -0.116. The molecule has 1 fully saturated rings. The molecule has 26 heavy (non-hydrogen) atoms. The summed E-state index contributed by atoms with van der Waals surface area (Å²) in [4.78, 5) is 26.8. The summed E-state index contributed by atoms with van der Waals surface area (Å²) >= 11 is 11.9. The van der Waals surface area contributed by atoms with E-state index >= 15 is 0 Å². The van der Waals surface area contributed by atoms with Crippen LogP contribution in [0.4, 0.5) is 11.4 Å². The van der Waals surface area contributed by atoms with Gasteiger partial charge in [0.25, 0.3) is 0 Å². The van der Waals surface area contributed by atoms with Crippen molar-refractivity contribution in [2.45, 2.75) is 25.7 Å². The van der Waals surface area contributed by atoms with E-state index < -0.39 is 0 Å². The Kier molecular flexibility index (Phi) is 6.17. The summed E-state index contributed by atoms with van der Waals surface area (Å²) < 4.78 is 0. The lowest BCUT2D eigenvalue weighted by Crippen LogP contribution is -2.21. The molecule has 2 aromatic rings. The zero-order chi connectivity index (χ0) is 18.5. The number of carbonyl (C=O) groups excluding carboxylic acids is 2. The minimum Gasteiger partial charge on any atom is -0.370 e. The third-order valence-electron chi connectivity index (χ3n) is 4.42. The van der Waals surface area contributed by atoms with E-state index in [1.165, 1.54) is 0 Å². The standard InChI is InChI=1S/C20H20Cl2N2O2/c21-15-5-3-14(4-6-15)19(25)9-10-20(26)23-17-13-16(22)7-8-18(17)24-11-1-2-12-24/h3-8,13H,1-2,9-12H2,(H,23,26). The predicted molar refractivity (Wildman–Crippen MR) is 107 cm³/mol. The van der Waals surface area contributed by atoms with Gasteiger partial charge in [-0.15, -0.1) is 0 Å². The van der Waals surface area contributed by atoms with Crippen molar-refractivity contribution in [1.29, 1.82) is 0 Å². The van der Waals surface area contributed by atoms with E-state index in [1.54, 1.807) is 30.3 Å². The highest BCUT2D eigenvalue weighted by molar-refractivity contribution is 6.31. The molecule has 1 saturated heterocycles. The number of Topliss-reactive ketones (excluding diaryl/α,β-unsaturated/α-hetero) is 1. The number of benzene rings is 2. The maximum absolute atomic E-state index is 12.3. The van der Waals surface area contributed by atoms with E-state index in [0.717, 1.165) is 31.6 Å². The van der Waals surface area contributed by atoms with Crippen molar-refractivity contribution in [2.75, 3.05) is 23.3 Å². The number of anilines is 2. The van der Waals surface area contributed by atoms with Crippen molar-refractivity contribution in [3.63, 3.8) is 0 Å². The number of hydrogen-bond donors (Lipinski definition) is 1. The Balaban J connectivity index is 1.62. The first-order valence-corrected chi connectivity index (χ1v) is 9.41. The fourth-order valence-corrected chi connectivity index (χ4v) is 3.36. The van der Waals surface area contributed by atoms with Crippen LogP contribution >= 0.6 is 23.2 Å². The summed E-state index contributed by atoms with van der Waals surface area (Å²) in [5.41, 5.74) is 2.23. The molecular formula is C20H20Cl2N2O2. The molecule has 1 N–H and O–H groups in total. The van der Waals surface area contributed by atoms with Crippen LogP contribution in [0.1, 0.15) is 36.0 Å². The van der Waals surface area contributed by atoms with Crippen molar-refractivity contribution < 1.29 is 9.59 Å². The molecule has 0 saturated carbocycles. The Hall–Kier alpha value is -2.04. The molecular weight excluding hydrogens is 371 g/mol. The van der Waals surface area contributed by atoms with Gasteiger partial charge in [-0.25, -0.2) is 0 Å². The Bertz CT molecular complexity index is 800. The van der Waals surface area contributed by atoms with E-state index in [4.69, 9.17) is 23.2 Å². The van der Waals surface area contributed by atoms with Crippen LogP contribution in [0.25, 0.3) is 0 Å². The van der Waals surface area contributed by atoms with Crippen molar-refractivity contribution in [2.24, 2.45) is 0 Å². The molecule has 136 valence electrons. The number of carbonyl (C=O) groups is 2. The molecule has 1 aliphatic rings. The maximum atomic E-state index is 12.3. The van der Waals surface area contributed by atoms with Crippen LogP contribution in [0, 0.1) is 0 Å². The fourth-order valence-electron chi connectivity index (χ4n) is 3.06. The SMILES string of the molecule is O=C(CCC(=O)c1ccc(Cl)cc1)Nc1cc(Cl)ccc1N1CCCC1. The lowest BCUT2D eigenvalue weighted by Gasteiger charge is -2.21. The predicted octanol–water partition coefficient (Wildman–Crippen LogP) is 5.20. The molecule has 0 bridgehead atoms. The molecule has 0 radical (unpaired) electrons.